The molecule has 1 aromatic heterocycles. The van der Waals surface area contributed by atoms with Crippen LogP contribution in [-0.4, -0.2) is 38.6 Å². The van der Waals surface area contributed by atoms with Crippen LogP contribution in [0, 0.1) is 5.82 Å². The highest BCUT2D eigenvalue weighted by Gasteiger charge is 2.25. The summed E-state index contributed by atoms with van der Waals surface area (Å²) in [6.45, 7) is 3.11. The van der Waals surface area contributed by atoms with Gasteiger partial charge in [-0.05, 0) is 56.2 Å². The number of aromatic nitrogens is 3. The molecule has 2 atom stereocenters. The molecule has 3 aromatic rings. The van der Waals surface area contributed by atoms with Crippen LogP contribution in [0.25, 0.3) is 11.4 Å². The molecule has 2 heterocycles. The van der Waals surface area contributed by atoms with Gasteiger partial charge in [-0.25, -0.2) is 4.39 Å². The van der Waals surface area contributed by atoms with Crippen LogP contribution in [0.5, 0.6) is 0 Å². The van der Waals surface area contributed by atoms with Crippen LogP contribution in [0.1, 0.15) is 19.8 Å². The van der Waals surface area contributed by atoms with Crippen LogP contribution in [0.4, 0.5) is 10.1 Å². The number of thioether (sulfide) groups is 1. The predicted molar refractivity (Wildman–Crippen MR) is 120 cm³/mol. The van der Waals surface area contributed by atoms with Gasteiger partial charge in [0, 0.05) is 12.2 Å². The summed E-state index contributed by atoms with van der Waals surface area (Å²) in [5.74, 6) is 0.123. The van der Waals surface area contributed by atoms with Crippen molar-refractivity contribution in [3.05, 3.63) is 59.4 Å². The number of nitrogens with zero attached hydrogens (tertiary/aromatic N) is 3. The first kappa shape index (κ1) is 21.8. The van der Waals surface area contributed by atoms with E-state index in [0.717, 1.165) is 25.0 Å². The number of anilines is 1. The van der Waals surface area contributed by atoms with Crippen LogP contribution in [0.15, 0.2) is 53.7 Å². The lowest BCUT2D eigenvalue weighted by Crippen LogP contribution is -2.23. The molecule has 1 fully saturated rings. The Balaban J connectivity index is 1.55. The van der Waals surface area contributed by atoms with Gasteiger partial charge in [0.25, 0.3) is 0 Å². The second-order valence-electron chi connectivity index (χ2n) is 7.29. The van der Waals surface area contributed by atoms with E-state index in [4.69, 9.17) is 16.3 Å². The molecule has 4 rings (SSSR count). The topological polar surface area (TPSA) is 69.0 Å². The summed E-state index contributed by atoms with van der Waals surface area (Å²) < 4.78 is 21.1. The number of rotatable bonds is 7. The number of benzene rings is 2. The number of para-hydroxylation sites is 1. The van der Waals surface area contributed by atoms with E-state index in [1.54, 1.807) is 37.3 Å². The molecule has 6 nitrogen and oxygen atoms in total. The minimum atomic E-state index is -0.440. The molecule has 9 heteroatoms. The van der Waals surface area contributed by atoms with E-state index in [0.29, 0.717) is 28.2 Å². The summed E-state index contributed by atoms with van der Waals surface area (Å²) >= 11 is 7.46. The molecule has 0 radical (unpaired) electrons. The second kappa shape index (κ2) is 9.80. The summed E-state index contributed by atoms with van der Waals surface area (Å²) in [5, 5.41) is 12.2. The molecule has 1 N–H and O–H groups in total. The molecule has 0 spiro atoms. The first-order chi connectivity index (χ1) is 15.0. The Morgan fingerprint density at radius 1 is 1.29 bits per heavy atom. The van der Waals surface area contributed by atoms with Gasteiger partial charge in [0.2, 0.25) is 5.91 Å². The van der Waals surface area contributed by atoms with Crippen molar-refractivity contribution < 1.29 is 13.9 Å². The van der Waals surface area contributed by atoms with Gasteiger partial charge >= 0.3 is 0 Å². The number of carbonyl (C=O) groups excluding carboxylic acids is 1. The van der Waals surface area contributed by atoms with Gasteiger partial charge in [0.1, 0.15) is 5.82 Å². The highest BCUT2D eigenvalue weighted by atomic mass is 35.5. The third-order valence-electron chi connectivity index (χ3n) is 5.01. The minimum Gasteiger partial charge on any atom is -0.376 e. The van der Waals surface area contributed by atoms with Crippen molar-refractivity contribution >= 4 is 35.0 Å². The van der Waals surface area contributed by atoms with E-state index in [-0.39, 0.29) is 17.8 Å². The van der Waals surface area contributed by atoms with Crippen molar-refractivity contribution in [3.8, 4) is 11.4 Å². The summed E-state index contributed by atoms with van der Waals surface area (Å²) in [6.07, 6.45) is 2.02. The van der Waals surface area contributed by atoms with Crippen LogP contribution >= 0.6 is 23.4 Å². The zero-order valence-electron chi connectivity index (χ0n) is 16.9. The molecule has 1 saturated heterocycles. The van der Waals surface area contributed by atoms with E-state index in [1.165, 1.54) is 23.9 Å². The van der Waals surface area contributed by atoms with Crippen molar-refractivity contribution in [3.63, 3.8) is 0 Å². The van der Waals surface area contributed by atoms with E-state index in [1.807, 2.05) is 10.6 Å². The number of carbonyl (C=O) groups is 1. The third kappa shape index (κ3) is 5.26. The van der Waals surface area contributed by atoms with Crippen LogP contribution in [-0.2, 0) is 16.1 Å². The maximum absolute atomic E-state index is 13.4. The van der Waals surface area contributed by atoms with Crippen LogP contribution < -0.4 is 5.32 Å². The second-order valence-corrected chi connectivity index (χ2v) is 9.00. The van der Waals surface area contributed by atoms with Crippen LogP contribution in [0.2, 0.25) is 5.02 Å². The standard InChI is InChI=1S/C22H22ClFN4O2S/c1-14(21(29)25-19-7-3-2-6-18(19)23)31-22-27-26-20(15-8-10-16(24)11-9-15)28(22)13-17-5-4-12-30-17/h2-3,6-11,14,17H,4-5,12-13H2,1H3,(H,25,29). The summed E-state index contributed by atoms with van der Waals surface area (Å²) in [6, 6.07) is 13.2. The zero-order chi connectivity index (χ0) is 21.8. The Hall–Kier alpha value is -2.42. The van der Waals surface area contributed by atoms with Gasteiger partial charge in [-0.3, -0.25) is 9.36 Å². The SMILES string of the molecule is CC(Sc1nnc(-c2ccc(F)cc2)n1CC1CCCO1)C(=O)Nc1ccccc1Cl. The minimum absolute atomic E-state index is 0.0572. The largest absolute Gasteiger partial charge is 0.376 e. The number of hydrogen-bond acceptors (Lipinski definition) is 5. The van der Waals surface area contributed by atoms with E-state index in [2.05, 4.69) is 15.5 Å². The maximum Gasteiger partial charge on any atom is 0.237 e. The molecular formula is C22H22ClFN4O2S. The molecule has 0 aliphatic carbocycles. The Bertz CT molecular complexity index is 1050. The molecule has 1 aliphatic heterocycles. The lowest BCUT2D eigenvalue weighted by molar-refractivity contribution is -0.115. The fourth-order valence-electron chi connectivity index (χ4n) is 3.35. The average Bonchev–Trinajstić information content (AvgIpc) is 3.41. The zero-order valence-corrected chi connectivity index (χ0v) is 18.5. The van der Waals surface area contributed by atoms with Gasteiger partial charge < -0.3 is 10.1 Å². The smallest absolute Gasteiger partial charge is 0.237 e. The van der Waals surface area contributed by atoms with Gasteiger partial charge in [-0.1, -0.05) is 35.5 Å². The van der Waals surface area contributed by atoms with Crippen molar-refractivity contribution in [2.45, 2.75) is 42.8 Å². The Labute approximate surface area is 189 Å². The average molecular weight is 461 g/mol. The summed E-state index contributed by atoms with van der Waals surface area (Å²) in [4.78, 5) is 12.7. The van der Waals surface area contributed by atoms with E-state index in [9.17, 15) is 9.18 Å². The highest BCUT2D eigenvalue weighted by Crippen LogP contribution is 2.30. The maximum atomic E-state index is 13.4. The van der Waals surface area contributed by atoms with Gasteiger partial charge in [-0.15, -0.1) is 10.2 Å². The molecule has 2 unspecified atom stereocenters. The summed E-state index contributed by atoms with van der Waals surface area (Å²) in [5.41, 5.74) is 1.32. The number of halogens is 2. The molecular weight excluding hydrogens is 439 g/mol. The Morgan fingerprint density at radius 3 is 2.77 bits per heavy atom. The van der Waals surface area contributed by atoms with Gasteiger partial charge in [-0.2, -0.15) is 0 Å². The quantitative estimate of drug-likeness (QED) is 0.500. The number of nitrogens with one attached hydrogen (secondary N) is 1. The number of ether oxygens (including phenoxy) is 1. The third-order valence-corrected chi connectivity index (χ3v) is 6.42. The molecule has 0 saturated carbocycles. The highest BCUT2D eigenvalue weighted by molar-refractivity contribution is 8.00. The fourth-order valence-corrected chi connectivity index (χ4v) is 4.39. The Kier molecular flexibility index (Phi) is 6.89. The Morgan fingerprint density at radius 2 is 2.06 bits per heavy atom. The molecule has 0 bridgehead atoms. The van der Waals surface area contributed by atoms with Crippen molar-refractivity contribution in [2.24, 2.45) is 0 Å². The normalized spacial score (nSPS) is 16.9. The molecule has 31 heavy (non-hydrogen) atoms. The van der Waals surface area contributed by atoms with Gasteiger partial charge in [0.05, 0.1) is 28.6 Å². The van der Waals surface area contributed by atoms with Gasteiger partial charge in [0.15, 0.2) is 11.0 Å². The predicted octanol–water partition coefficient (Wildman–Crippen LogP) is 5.04. The summed E-state index contributed by atoms with van der Waals surface area (Å²) in [7, 11) is 0. The molecule has 162 valence electrons. The fraction of sp³-hybridized carbons (Fsp3) is 0.318. The monoisotopic (exact) mass is 460 g/mol. The first-order valence-corrected chi connectivity index (χ1v) is 11.3. The molecule has 2 aromatic carbocycles. The number of hydrogen-bond donors (Lipinski definition) is 1. The number of amides is 1. The molecule has 1 amide bonds. The lowest BCUT2D eigenvalue weighted by Gasteiger charge is -2.17. The molecule has 1 aliphatic rings. The van der Waals surface area contributed by atoms with Crippen molar-refractivity contribution in [1.82, 2.24) is 14.8 Å². The van der Waals surface area contributed by atoms with Crippen molar-refractivity contribution in [1.29, 1.82) is 0 Å². The lowest BCUT2D eigenvalue weighted by atomic mass is 10.2. The van der Waals surface area contributed by atoms with E-state index < -0.39 is 5.25 Å². The van der Waals surface area contributed by atoms with Crippen molar-refractivity contribution in [2.75, 3.05) is 11.9 Å². The first-order valence-electron chi connectivity index (χ1n) is 10.0. The van der Waals surface area contributed by atoms with E-state index >= 15 is 0 Å². The van der Waals surface area contributed by atoms with Crippen LogP contribution in [0.3, 0.4) is 0 Å².